The third-order valence-electron chi connectivity index (χ3n) is 5.81. The Morgan fingerprint density at radius 1 is 0.969 bits per heavy atom. The fraction of sp³-hybridized carbons (Fsp3) is 0.280. The number of nitrogens with zero attached hydrogens (tertiary/aromatic N) is 2. The lowest BCUT2D eigenvalue weighted by Gasteiger charge is -2.39. The Balaban J connectivity index is 1.54. The highest BCUT2D eigenvalue weighted by molar-refractivity contribution is 7.92. The van der Waals surface area contributed by atoms with Crippen molar-refractivity contribution in [2.75, 3.05) is 24.5 Å². The molecule has 3 aromatic carbocycles. The number of benzene rings is 3. The number of ether oxygens (including phenoxy) is 1. The first-order chi connectivity index (χ1) is 15.5. The average molecular weight is 455 g/mol. The molecule has 1 fully saturated rings. The largest absolute Gasteiger partial charge is 0.497 e. The van der Waals surface area contributed by atoms with Crippen molar-refractivity contribution in [2.24, 2.45) is 0 Å². The van der Waals surface area contributed by atoms with Crippen LogP contribution in [0.25, 0.3) is 0 Å². The molecule has 0 bridgehead atoms. The standard InChI is InChI=1S/C25H27FN2O3S/c1-31-24-7-5-6-20(18-24)19-27-16-14-23(15-17-27)28(22-12-10-21(26)11-13-22)32(29,30)25-8-3-2-4-9-25/h2-13,18,23H,14-17,19H2,1H3. The van der Waals surface area contributed by atoms with Crippen molar-refractivity contribution in [3.63, 3.8) is 0 Å². The van der Waals surface area contributed by atoms with Crippen molar-refractivity contribution in [1.29, 1.82) is 0 Å². The summed E-state index contributed by atoms with van der Waals surface area (Å²) in [5, 5.41) is 0. The summed E-state index contributed by atoms with van der Waals surface area (Å²) < 4.78 is 47.5. The van der Waals surface area contributed by atoms with Gasteiger partial charge in [0.1, 0.15) is 11.6 Å². The molecule has 0 aliphatic carbocycles. The summed E-state index contributed by atoms with van der Waals surface area (Å²) in [7, 11) is -2.12. The number of likely N-dealkylation sites (tertiary alicyclic amines) is 1. The zero-order chi connectivity index (χ0) is 22.6. The summed E-state index contributed by atoms with van der Waals surface area (Å²) in [5.74, 6) is 0.438. The Morgan fingerprint density at radius 3 is 2.31 bits per heavy atom. The molecule has 0 atom stereocenters. The zero-order valence-corrected chi connectivity index (χ0v) is 18.8. The number of halogens is 1. The van der Waals surface area contributed by atoms with E-state index in [0.717, 1.165) is 30.9 Å². The van der Waals surface area contributed by atoms with Gasteiger partial charge in [-0.05, 0) is 66.9 Å². The molecule has 1 aliphatic heterocycles. The predicted molar refractivity (Wildman–Crippen MR) is 124 cm³/mol. The second-order valence-corrected chi connectivity index (χ2v) is 9.76. The van der Waals surface area contributed by atoms with E-state index in [1.807, 2.05) is 18.2 Å². The fourth-order valence-electron chi connectivity index (χ4n) is 4.18. The molecule has 0 radical (unpaired) electrons. The maximum absolute atomic E-state index is 13.6. The van der Waals surface area contributed by atoms with Gasteiger partial charge in [0.25, 0.3) is 10.0 Å². The van der Waals surface area contributed by atoms with Crippen LogP contribution in [0.15, 0.2) is 83.8 Å². The van der Waals surface area contributed by atoms with Gasteiger partial charge in [-0.1, -0.05) is 30.3 Å². The Bertz CT molecular complexity index is 1130. The number of rotatable bonds is 7. The smallest absolute Gasteiger partial charge is 0.264 e. The molecule has 3 aromatic rings. The van der Waals surface area contributed by atoms with Crippen LogP contribution in [0.3, 0.4) is 0 Å². The lowest BCUT2D eigenvalue weighted by Crippen LogP contribution is -2.47. The van der Waals surface area contributed by atoms with Gasteiger partial charge < -0.3 is 4.74 Å². The van der Waals surface area contributed by atoms with Crippen LogP contribution in [0, 0.1) is 5.82 Å². The molecule has 1 saturated heterocycles. The summed E-state index contributed by atoms with van der Waals surface area (Å²) in [4.78, 5) is 2.56. The SMILES string of the molecule is COc1cccc(CN2CCC(N(c3ccc(F)cc3)S(=O)(=O)c3ccccc3)CC2)c1. The second-order valence-electron chi connectivity index (χ2n) is 7.95. The van der Waals surface area contributed by atoms with Gasteiger partial charge in [-0.25, -0.2) is 12.8 Å². The molecule has 32 heavy (non-hydrogen) atoms. The van der Waals surface area contributed by atoms with E-state index in [1.165, 1.54) is 16.4 Å². The highest BCUT2D eigenvalue weighted by atomic mass is 32.2. The topological polar surface area (TPSA) is 49.9 Å². The Labute approximate surface area is 189 Å². The maximum Gasteiger partial charge on any atom is 0.264 e. The Kier molecular flexibility index (Phi) is 6.77. The highest BCUT2D eigenvalue weighted by Gasteiger charge is 2.34. The summed E-state index contributed by atoms with van der Waals surface area (Å²) >= 11 is 0. The van der Waals surface area contributed by atoms with Crippen LogP contribution in [0.1, 0.15) is 18.4 Å². The van der Waals surface area contributed by atoms with E-state index in [9.17, 15) is 12.8 Å². The average Bonchev–Trinajstić information content (AvgIpc) is 2.82. The van der Waals surface area contributed by atoms with Gasteiger partial charge in [0.05, 0.1) is 17.7 Å². The van der Waals surface area contributed by atoms with Crippen LogP contribution >= 0.6 is 0 Å². The van der Waals surface area contributed by atoms with E-state index >= 15 is 0 Å². The monoisotopic (exact) mass is 454 g/mol. The van der Waals surface area contributed by atoms with Gasteiger partial charge in [0.15, 0.2) is 0 Å². The van der Waals surface area contributed by atoms with E-state index in [0.29, 0.717) is 18.5 Å². The molecule has 0 aromatic heterocycles. The van der Waals surface area contributed by atoms with Gasteiger partial charge in [0, 0.05) is 25.7 Å². The van der Waals surface area contributed by atoms with Gasteiger partial charge >= 0.3 is 0 Å². The van der Waals surface area contributed by atoms with Crippen LogP contribution < -0.4 is 9.04 Å². The third-order valence-corrected chi connectivity index (χ3v) is 7.70. The number of piperidine rings is 1. The number of hydrogen-bond donors (Lipinski definition) is 0. The van der Waals surface area contributed by atoms with Crippen molar-refractivity contribution < 1.29 is 17.5 Å². The second kappa shape index (κ2) is 9.71. The van der Waals surface area contributed by atoms with E-state index in [4.69, 9.17) is 4.74 Å². The van der Waals surface area contributed by atoms with Gasteiger partial charge in [-0.3, -0.25) is 9.21 Å². The molecule has 0 unspecified atom stereocenters. The summed E-state index contributed by atoms with van der Waals surface area (Å²) in [6.45, 7) is 2.32. The van der Waals surface area contributed by atoms with Crippen LogP contribution in [0.4, 0.5) is 10.1 Å². The van der Waals surface area contributed by atoms with Crippen molar-refractivity contribution in [2.45, 2.75) is 30.3 Å². The molecule has 5 nitrogen and oxygen atoms in total. The predicted octanol–water partition coefficient (Wildman–Crippen LogP) is 4.69. The summed E-state index contributed by atoms with van der Waals surface area (Å²) in [5.41, 5.74) is 1.65. The molecule has 0 amide bonds. The molecule has 0 saturated carbocycles. The van der Waals surface area contributed by atoms with Crippen molar-refractivity contribution >= 4 is 15.7 Å². The normalized spacial score (nSPS) is 15.4. The van der Waals surface area contributed by atoms with Gasteiger partial charge in [-0.2, -0.15) is 0 Å². The quantitative estimate of drug-likeness (QED) is 0.520. The van der Waals surface area contributed by atoms with E-state index in [1.54, 1.807) is 49.6 Å². The summed E-state index contributed by atoms with van der Waals surface area (Å²) in [6, 6.07) is 21.9. The molecule has 7 heteroatoms. The van der Waals surface area contributed by atoms with E-state index < -0.39 is 10.0 Å². The summed E-state index contributed by atoms with van der Waals surface area (Å²) in [6.07, 6.45) is 1.38. The minimum absolute atomic E-state index is 0.202. The van der Waals surface area contributed by atoms with E-state index in [-0.39, 0.29) is 16.8 Å². The van der Waals surface area contributed by atoms with Crippen molar-refractivity contribution in [3.05, 3.63) is 90.2 Å². The molecule has 0 N–H and O–H groups in total. The first-order valence-electron chi connectivity index (χ1n) is 10.7. The Hall–Kier alpha value is -2.90. The number of hydrogen-bond acceptors (Lipinski definition) is 4. The molecule has 0 spiro atoms. The van der Waals surface area contributed by atoms with Crippen LogP contribution in [0.2, 0.25) is 0 Å². The number of methoxy groups -OCH3 is 1. The van der Waals surface area contributed by atoms with E-state index in [2.05, 4.69) is 11.0 Å². The fourth-order valence-corrected chi connectivity index (χ4v) is 5.91. The molecule has 4 rings (SSSR count). The molecule has 1 heterocycles. The zero-order valence-electron chi connectivity index (χ0n) is 18.0. The molecule has 1 aliphatic rings. The molecular formula is C25H27FN2O3S. The van der Waals surface area contributed by atoms with Crippen LogP contribution in [0.5, 0.6) is 5.75 Å². The first-order valence-corrected chi connectivity index (χ1v) is 12.1. The molecule has 168 valence electrons. The van der Waals surface area contributed by atoms with Gasteiger partial charge in [-0.15, -0.1) is 0 Å². The molecular weight excluding hydrogens is 427 g/mol. The van der Waals surface area contributed by atoms with Crippen LogP contribution in [-0.4, -0.2) is 39.6 Å². The Morgan fingerprint density at radius 2 is 1.66 bits per heavy atom. The first kappa shape index (κ1) is 22.3. The number of anilines is 1. The lowest BCUT2D eigenvalue weighted by molar-refractivity contribution is 0.206. The minimum Gasteiger partial charge on any atom is -0.497 e. The van der Waals surface area contributed by atoms with Crippen LogP contribution in [-0.2, 0) is 16.6 Å². The highest BCUT2D eigenvalue weighted by Crippen LogP contribution is 2.31. The van der Waals surface area contributed by atoms with Crippen molar-refractivity contribution in [1.82, 2.24) is 4.90 Å². The minimum atomic E-state index is -3.78. The number of sulfonamides is 1. The third kappa shape index (κ3) is 4.95. The maximum atomic E-state index is 13.6. The lowest BCUT2D eigenvalue weighted by atomic mass is 10.0. The van der Waals surface area contributed by atoms with Crippen molar-refractivity contribution in [3.8, 4) is 5.75 Å². The van der Waals surface area contributed by atoms with Gasteiger partial charge in [0.2, 0.25) is 0 Å².